The standard InChI is InChI=1S/C7H14O3/c1-3-4-6(8)7(9)5-10-2/h7,9H,3-5H2,1-2H3. The number of aliphatic hydroxyl groups is 1. The molecule has 0 aliphatic heterocycles. The third-order valence-corrected chi connectivity index (χ3v) is 1.19. The third-order valence-electron chi connectivity index (χ3n) is 1.19. The normalized spacial score (nSPS) is 13.1. The second-order valence-electron chi connectivity index (χ2n) is 2.19. The number of rotatable bonds is 5. The van der Waals surface area contributed by atoms with Gasteiger partial charge < -0.3 is 9.84 Å². The zero-order valence-corrected chi connectivity index (χ0v) is 6.46. The van der Waals surface area contributed by atoms with Crippen molar-refractivity contribution in [2.75, 3.05) is 13.7 Å². The highest BCUT2D eigenvalue weighted by Crippen LogP contribution is 1.95. The summed E-state index contributed by atoms with van der Waals surface area (Å²) >= 11 is 0. The molecule has 0 heterocycles. The van der Waals surface area contributed by atoms with E-state index in [0.717, 1.165) is 6.42 Å². The molecule has 0 amide bonds. The second-order valence-corrected chi connectivity index (χ2v) is 2.19. The van der Waals surface area contributed by atoms with E-state index in [0.29, 0.717) is 6.42 Å². The fraction of sp³-hybridized carbons (Fsp3) is 0.857. The van der Waals surface area contributed by atoms with Crippen LogP contribution in [0.2, 0.25) is 0 Å². The van der Waals surface area contributed by atoms with Gasteiger partial charge in [-0.3, -0.25) is 4.79 Å². The van der Waals surface area contributed by atoms with Crippen LogP contribution in [-0.2, 0) is 9.53 Å². The van der Waals surface area contributed by atoms with Gasteiger partial charge in [-0.1, -0.05) is 6.92 Å². The van der Waals surface area contributed by atoms with E-state index >= 15 is 0 Å². The minimum atomic E-state index is -0.926. The van der Waals surface area contributed by atoms with Gasteiger partial charge in [-0.25, -0.2) is 0 Å². The van der Waals surface area contributed by atoms with Gasteiger partial charge in [0.1, 0.15) is 6.10 Å². The smallest absolute Gasteiger partial charge is 0.163 e. The number of hydrogen-bond donors (Lipinski definition) is 1. The first kappa shape index (κ1) is 9.59. The van der Waals surface area contributed by atoms with Crippen LogP contribution in [0.4, 0.5) is 0 Å². The van der Waals surface area contributed by atoms with Gasteiger partial charge in [0.05, 0.1) is 6.61 Å². The van der Waals surface area contributed by atoms with E-state index in [1.165, 1.54) is 7.11 Å². The van der Waals surface area contributed by atoms with Gasteiger partial charge in [-0.2, -0.15) is 0 Å². The Balaban J connectivity index is 3.49. The zero-order chi connectivity index (χ0) is 7.98. The molecule has 0 aromatic heterocycles. The number of Topliss-reactive ketones (excluding diaryl/α,β-unsaturated/α-hetero) is 1. The summed E-state index contributed by atoms with van der Waals surface area (Å²) in [7, 11) is 1.46. The predicted octanol–water partition coefficient (Wildman–Crippen LogP) is 0.363. The Morgan fingerprint density at radius 3 is 2.70 bits per heavy atom. The summed E-state index contributed by atoms with van der Waals surface area (Å²) < 4.78 is 4.60. The molecule has 0 spiro atoms. The zero-order valence-electron chi connectivity index (χ0n) is 6.46. The molecule has 0 radical (unpaired) electrons. The van der Waals surface area contributed by atoms with E-state index in [1.807, 2.05) is 6.92 Å². The maximum atomic E-state index is 10.8. The Kier molecular flexibility index (Phi) is 5.16. The van der Waals surface area contributed by atoms with Gasteiger partial charge in [0.2, 0.25) is 0 Å². The minimum Gasteiger partial charge on any atom is -0.383 e. The highest BCUT2D eigenvalue weighted by atomic mass is 16.5. The molecule has 0 aromatic carbocycles. The summed E-state index contributed by atoms with van der Waals surface area (Å²) in [5.41, 5.74) is 0. The van der Waals surface area contributed by atoms with Crippen molar-refractivity contribution < 1.29 is 14.6 Å². The molecular weight excluding hydrogens is 132 g/mol. The summed E-state index contributed by atoms with van der Waals surface area (Å²) in [5, 5.41) is 8.97. The Bertz CT molecular complexity index is 101. The molecule has 0 aliphatic rings. The van der Waals surface area contributed by atoms with Crippen molar-refractivity contribution in [3.8, 4) is 0 Å². The predicted molar refractivity (Wildman–Crippen MR) is 37.8 cm³/mol. The highest BCUT2D eigenvalue weighted by Gasteiger charge is 2.12. The average molecular weight is 146 g/mol. The lowest BCUT2D eigenvalue weighted by Gasteiger charge is -2.05. The Hall–Kier alpha value is -0.410. The van der Waals surface area contributed by atoms with Gasteiger partial charge in [0.15, 0.2) is 5.78 Å². The van der Waals surface area contributed by atoms with E-state index in [4.69, 9.17) is 5.11 Å². The number of aliphatic hydroxyl groups excluding tert-OH is 1. The average Bonchev–Trinajstić information content (AvgIpc) is 1.89. The summed E-state index contributed by atoms with van der Waals surface area (Å²) in [6.07, 6.45) is 0.286. The number of hydrogen-bond acceptors (Lipinski definition) is 3. The minimum absolute atomic E-state index is 0.110. The maximum Gasteiger partial charge on any atom is 0.163 e. The van der Waals surface area contributed by atoms with Crippen molar-refractivity contribution in [1.29, 1.82) is 0 Å². The van der Waals surface area contributed by atoms with Crippen LogP contribution < -0.4 is 0 Å². The van der Waals surface area contributed by atoms with Crippen LogP contribution in [0.15, 0.2) is 0 Å². The van der Waals surface area contributed by atoms with Crippen molar-refractivity contribution in [3.63, 3.8) is 0 Å². The molecule has 3 nitrogen and oxygen atoms in total. The molecule has 1 N–H and O–H groups in total. The molecule has 0 aromatic rings. The monoisotopic (exact) mass is 146 g/mol. The van der Waals surface area contributed by atoms with Crippen molar-refractivity contribution in [2.24, 2.45) is 0 Å². The Morgan fingerprint density at radius 1 is 1.70 bits per heavy atom. The molecule has 60 valence electrons. The summed E-state index contributed by atoms with van der Waals surface area (Å²) in [4.78, 5) is 10.8. The van der Waals surface area contributed by atoms with Gasteiger partial charge in [-0.15, -0.1) is 0 Å². The molecule has 10 heavy (non-hydrogen) atoms. The van der Waals surface area contributed by atoms with E-state index < -0.39 is 6.10 Å². The van der Waals surface area contributed by atoms with Crippen LogP contribution in [0.25, 0.3) is 0 Å². The molecule has 0 bridgehead atoms. The molecule has 3 heteroatoms. The SMILES string of the molecule is CCCC(=O)C(O)COC. The van der Waals surface area contributed by atoms with E-state index in [-0.39, 0.29) is 12.4 Å². The van der Waals surface area contributed by atoms with Gasteiger partial charge in [0, 0.05) is 13.5 Å². The largest absolute Gasteiger partial charge is 0.383 e. The third kappa shape index (κ3) is 3.58. The number of carbonyl (C=O) groups is 1. The molecule has 1 unspecified atom stereocenters. The van der Waals surface area contributed by atoms with E-state index in [2.05, 4.69) is 4.74 Å². The van der Waals surface area contributed by atoms with Gasteiger partial charge in [-0.05, 0) is 6.42 Å². The van der Waals surface area contributed by atoms with Crippen molar-refractivity contribution >= 4 is 5.78 Å². The quantitative estimate of drug-likeness (QED) is 0.609. The molecule has 0 saturated carbocycles. The van der Waals surface area contributed by atoms with Gasteiger partial charge >= 0.3 is 0 Å². The van der Waals surface area contributed by atoms with Crippen LogP contribution >= 0.6 is 0 Å². The van der Waals surface area contributed by atoms with Crippen molar-refractivity contribution in [2.45, 2.75) is 25.9 Å². The summed E-state index contributed by atoms with van der Waals surface area (Å²) in [5.74, 6) is -0.135. The van der Waals surface area contributed by atoms with Crippen molar-refractivity contribution in [3.05, 3.63) is 0 Å². The summed E-state index contributed by atoms with van der Waals surface area (Å²) in [6.45, 7) is 2.01. The lowest BCUT2D eigenvalue weighted by atomic mass is 10.1. The van der Waals surface area contributed by atoms with Crippen LogP contribution in [0.1, 0.15) is 19.8 Å². The van der Waals surface area contributed by atoms with Crippen LogP contribution in [0.5, 0.6) is 0 Å². The van der Waals surface area contributed by atoms with Crippen LogP contribution in [0.3, 0.4) is 0 Å². The van der Waals surface area contributed by atoms with Crippen LogP contribution in [0, 0.1) is 0 Å². The number of methoxy groups -OCH3 is 1. The number of ether oxygens (including phenoxy) is 1. The topological polar surface area (TPSA) is 46.5 Å². The Labute approximate surface area is 61.0 Å². The highest BCUT2D eigenvalue weighted by molar-refractivity contribution is 5.82. The van der Waals surface area contributed by atoms with E-state index in [1.54, 1.807) is 0 Å². The first-order valence-electron chi connectivity index (χ1n) is 3.42. The van der Waals surface area contributed by atoms with Crippen LogP contribution in [-0.4, -0.2) is 30.7 Å². The molecule has 0 rings (SSSR count). The molecule has 0 fully saturated rings. The maximum absolute atomic E-state index is 10.8. The van der Waals surface area contributed by atoms with Gasteiger partial charge in [0.25, 0.3) is 0 Å². The lowest BCUT2D eigenvalue weighted by Crippen LogP contribution is -2.24. The van der Waals surface area contributed by atoms with Crippen molar-refractivity contribution in [1.82, 2.24) is 0 Å². The summed E-state index contributed by atoms with van der Waals surface area (Å²) in [6, 6.07) is 0. The fourth-order valence-electron chi connectivity index (χ4n) is 0.664. The Morgan fingerprint density at radius 2 is 2.30 bits per heavy atom. The molecule has 1 atom stereocenters. The molecule has 0 aliphatic carbocycles. The fourth-order valence-corrected chi connectivity index (χ4v) is 0.664. The number of ketones is 1. The second kappa shape index (κ2) is 5.38. The lowest BCUT2D eigenvalue weighted by molar-refractivity contribution is -0.129. The molecular formula is C7H14O3. The first-order chi connectivity index (χ1) is 4.72. The first-order valence-corrected chi connectivity index (χ1v) is 3.42. The number of carbonyl (C=O) groups excluding carboxylic acids is 1. The molecule has 0 saturated heterocycles. The van der Waals surface area contributed by atoms with E-state index in [9.17, 15) is 4.79 Å².